The molecule has 2 amide bonds. The van der Waals surface area contributed by atoms with Gasteiger partial charge in [-0.15, -0.1) is 5.10 Å². The third-order valence-corrected chi connectivity index (χ3v) is 3.88. The van der Waals surface area contributed by atoms with Crippen molar-refractivity contribution in [3.8, 4) is 0 Å². The first-order valence-corrected chi connectivity index (χ1v) is 8.65. The number of nitrogens with one attached hydrogen (secondary N) is 2. The van der Waals surface area contributed by atoms with Gasteiger partial charge in [-0.05, 0) is 31.5 Å². The summed E-state index contributed by atoms with van der Waals surface area (Å²) in [4.78, 5) is 36.7. The number of nitrogens with zero attached hydrogens (tertiary/aromatic N) is 3. The monoisotopic (exact) mass is 367 g/mol. The van der Waals surface area contributed by atoms with Gasteiger partial charge in [0.15, 0.2) is 5.65 Å². The number of carbonyl (C=O) groups is 2. The molecule has 2 N–H and O–H groups in total. The van der Waals surface area contributed by atoms with Crippen molar-refractivity contribution in [3.05, 3.63) is 70.3 Å². The quantitative estimate of drug-likeness (QED) is 0.678. The van der Waals surface area contributed by atoms with Crippen LogP contribution in [0.3, 0.4) is 0 Å². The Hall–Kier alpha value is -3.42. The van der Waals surface area contributed by atoms with Gasteiger partial charge < -0.3 is 10.6 Å². The first-order valence-electron chi connectivity index (χ1n) is 8.65. The largest absolute Gasteiger partial charge is 0.352 e. The number of hydrogen-bond acceptors (Lipinski definition) is 4. The predicted molar refractivity (Wildman–Crippen MR) is 100 cm³/mol. The van der Waals surface area contributed by atoms with E-state index in [0.717, 1.165) is 10.2 Å². The summed E-state index contributed by atoms with van der Waals surface area (Å²) in [6.45, 7) is 3.89. The van der Waals surface area contributed by atoms with Crippen LogP contribution in [0, 0.1) is 0 Å². The van der Waals surface area contributed by atoms with Crippen LogP contribution in [0.4, 0.5) is 0 Å². The molecule has 0 atom stereocenters. The van der Waals surface area contributed by atoms with Crippen molar-refractivity contribution in [2.24, 2.45) is 0 Å². The van der Waals surface area contributed by atoms with Crippen LogP contribution in [0.25, 0.3) is 5.65 Å². The third-order valence-electron chi connectivity index (χ3n) is 3.88. The van der Waals surface area contributed by atoms with Crippen LogP contribution >= 0.6 is 0 Å². The van der Waals surface area contributed by atoms with Gasteiger partial charge in [0.1, 0.15) is 6.54 Å². The Morgan fingerprint density at radius 2 is 1.85 bits per heavy atom. The molecule has 0 saturated heterocycles. The van der Waals surface area contributed by atoms with Crippen molar-refractivity contribution in [2.45, 2.75) is 33.0 Å². The van der Waals surface area contributed by atoms with Gasteiger partial charge in [-0.3, -0.25) is 9.59 Å². The summed E-state index contributed by atoms with van der Waals surface area (Å²) in [6.07, 6.45) is 1.43. The Balaban J connectivity index is 1.76. The maximum absolute atomic E-state index is 12.5. The highest BCUT2D eigenvalue weighted by Gasteiger charge is 2.13. The molecule has 8 nitrogen and oxygen atoms in total. The lowest BCUT2D eigenvalue weighted by Gasteiger charge is -2.06. The zero-order valence-corrected chi connectivity index (χ0v) is 15.2. The molecule has 2 heterocycles. The van der Waals surface area contributed by atoms with Gasteiger partial charge in [0.05, 0.1) is 5.56 Å². The highest BCUT2D eigenvalue weighted by Crippen LogP contribution is 2.04. The minimum atomic E-state index is -0.471. The lowest BCUT2D eigenvalue weighted by molar-refractivity contribution is -0.122. The lowest BCUT2D eigenvalue weighted by Crippen LogP contribution is -2.36. The molecule has 140 valence electrons. The van der Waals surface area contributed by atoms with E-state index >= 15 is 0 Å². The van der Waals surface area contributed by atoms with Gasteiger partial charge in [0.2, 0.25) is 5.91 Å². The summed E-state index contributed by atoms with van der Waals surface area (Å²) in [6, 6.07) is 12.7. The number of fused-ring (bicyclic) bond motifs is 1. The van der Waals surface area contributed by atoms with Gasteiger partial charge in [-0.25, -0.2) is 13.9 Å². The van der Waals surface area contributed by atoms with Crippen molar-refractivity contribution in [1.29, 1.82) is 0 Å². The van der Waals surface area contributed by atoms with Crippen molar-refractivity contribution < 1.29 is 9.59 Å². The van der Waals surface area contributed by atoms with Gasteiger partial charge in [-0.2, -0.15) is 0 Å². The molecule has 0 aliphatic carbocycles. The van der Waals surface area contributed by atoms with Crippen LogP contribution in [0.5, 0.6) is 0 Å². The Labute approximate surface area is 155 Å². The highest BCUT2D eigenvalue weighted by atomic mass is 16.2. The molecule has 0 unspecified atom stereocenters. The fourth-order valence-corrected chi connectivity index (χ4v) is 2.64. The summed E-state index contributed by atoms with van der Waals surface area (Å²) in [5.74, 6) is -0.589. The molecule has 2 aromatic heterocycles. The van der Waals surface area contributed by atoms with E-state index in [-0.39, 0.29) is 24.4 Å². The van der Waals surface area contributed by atoms with Crippen molar-refractivity contribution in [1.82, 2.24) is 24.8 Å². The second kappa shape index (κ2) is 7.86. The fraction of sp³-hybridized carbons (Fsp3) is 0.263. The molecule has 0 fully saturated rings. The molecule has 0 aliphatic rings. The van der Waals surface area contributed by atoms with Gasteiger partial charge in [0.25, 0.3) is 5.91 Å². The molecule has 0 saturated carbocycles. The number of rotatable bonds is 6. The second-order valence-corrected chi connectivity index (χ2v) is 6.48. The summed E-state index contributed by atoms with van der Waals surface area (Å²) in [5.41, 5.74) is 1.22. The van der Waals surface area contributed by atoms with E-state index in [1.165, 1.54) is 10.6 Å². The van der Waals surface area contributed by atoms with E-state index in [2.05, 4.69) is 15.7 Å². The normalized spacial score (nSPS) is 10.9. The molecule has 1 aromatic carbocycles. The van der Waals surface area contributed by atoms with Crippen molar-refractivity contribution in [3.63, 3.8) is 0 Å². The minimum Gasteiger partial charge on any atom is -0.352 e. The lowest BCUT2D eigenvalue weighted by atomic mass is 10.2. The molecule has 3 aromatic rings. The van der Waals surface area contributed by atoms with Crippen LogP contribution in [-0.2, 0) is 17.9 Å². The van der Waals surface area contributed by atoms with Crippen LogP contribution in [-0.4, -0.2) is 32.0 Å². The number of benzene rings is 1. The summed E-state index contributed by atoms with van der Waals surface area (Å²) in [5, 5.41) is 9.66. The smallest absolute Gasteiger partial charge is 0.350 e. The van der Waals surface area contributed by atoms with Gasteiger partial charge in [0, 0.05) is 18.8 Å². The average Bonchev–Trinajstić information content (AvgIpc) is 2.95. The molecular weight excluding hydrogens is 346 g/mol. The fourth-order valence-electron chi connectivity index (χ4n) is 2.64. The molecule has 0 radical (unpaired) electrons. The predicted octanol–water partition coefficient (Wildman–Crippen LogP) is 0.951. The van der Waals surface area contributed by atoms with E-state index in [9.17, 15) is 14.4 Å². The Kier molecular flexibility index (Phi) is 5.35. The second-order valence-electron chi connectivity index (χ2n) is 6.48. The van der Waals surface area contributed by atoms with Gasteiger partial charge >= 0.3 is 5.69 Å². The number of pyridine rings is 1. The standard InChI is InChI=1S/C19H21N5O3/c1-13(2)21-17(25)12-24-19(27)23-11-15(8-9-16(23)22-24)18(26)20-10-14-6-4-3-5-7-14/h3-9,11,13H,10,12H2,1-2H3,(H,20,26)(H,21,25). The van der Waals surface area contributed by atoms with E-state index in [0.29, 0.717) is 17.8 Å². The summed E-state index contributed by atoms with van der Waals surface area (Å²) in [7, 11) is 0. The first kappa shape index (κ1) is 18.4. The van der Waals surface area contributed by atoms with Crippen molar-refractivity contribution >= 4 is 17.5 Å². The number of amides is 2. The van der Waals surface area contributed by atoms with Crippen LogP contribution < -0.4 is 16.3 Å². The van der Waals surface area contributed by atoms with Crippen LogP contribution in [0.2, 0.25) is 0 Å². The molecule has 0 spiro atoms. The third kappa shape index (κ3) is 4.41. The molecular formula is C19H21N5O3. The summed E-state index contributed by atoms with van der Waals surface area (Å²) < 4.78 is 2.35. The molecule has 0 aliphatic heterocycles. The molecule has 3 rings (SSSR count). The minimum absolute atomic E-state index is 0.0230. The average molecular weight is 367 g/mol. The number of aromatic nitrogens is 3. The van der Waals surface area contributed by atoms with E-state index in [1.807, 2.05) is 44.2 Å². The summed E-state index contributed by atoms with van der Waals surface area (Å²) >= 11 is 0. The number of carbonyl (C=O) groups excluding carboxylic acids is 2. The highest BCUT2D eigenvalue weighted by molar-refractivity contribution is 5.94. The van der Waals surface area contributed by atoms with Crippen molar-refractivity contribution in [2.75, 3.05) is 0 Å². The topological polar surface area (TPSA) is 97.5 Å². The maximum atomic E-state index is 12.5. The van der Waals surface area contributed by atoms with E-state index in [4.69, 9.17) is 0 Å². The maximum Gasteiger partial charge on any atom is 0.350 e. The Morgan fingerprint density at radius 1 is 1.11 bits per heavy atom. The zero-order chi connectivity index (χ0) is 19.4. The van der Waals surface area contributed by atoms with Gasteiger partial charge in [-0.1, -0.05) is 30.3 Å². The first-order chi connectivity index (χ1) is 12.9. The molecule has 8 heteroatoms. The SMILES string of the molecule is CC(C)NC(=O)Cn1nc2ccc(C(=O)NCc3ccccc3)cn2c1=O. The van der Waals surface area contributed by atoms with Crippen LogP contribution in [0.1, 0.15) is 29.8 Å². The van der Waals surface area contributed by atoms with Crippen LogP contribution in [0.15, 0.2) is 53.5 Å². The molecule has 27 heavy (non-hydrogen) atoms. The van der Waals surface area contributed by atoms with E-state index < -0.39 is 5.69 Å². The zero-order valence-electron chi connectivity index (χ0n) is 15.2. The Bertz CT molecular complexity index is 1020. The van der Waals surface area contributed by atoms with E-state index in [1.54, 1.807) is 12.1 Å². The Morgan fingerprint density at radius 3 is 2.56 bits per heavy atom. The molecule has 0 bridgehead atoms. The number of hydrogen-bond donors (Lipinski definition) is 2.